The summed E-state index contributed by atoms with van der Waals surface area (Å²) in [6.45, 7) is 0. The molecule has 0 aliphatic rings. The second kappa shape index (κ2) is 4.13. The molecule has 2 aromatic heterocycles. The number of H-pyrrole nitrogens is 1. The van der Waals surface area contributed by atoms with Crippen LogP contribution in [0.1, 0.15) is 10.4 Å². The lowest BCUT2D eigenvalue weighted by Gasteiger charge is -2.01. The molecule has 0 amide bonds. The summed E-state index contributed by atoms with van der Waals surface area (Å²) in [7, 11) is 0. The molecule has 0 saturated carbocycles. The van der Waals surface area contributed by atoms with Gasteiger partial charge in [0, 0.05) is 23.3 Å². The number of hydrogen-bond acceptors (Lipinski definition) is 3. The van der Waals surface area contributed by atoms with E-state index in [1.165, 1.54) is 18.3 Å². The van der Waals surface area contributed by atoms with Crippen LogP contribution in [0.4, 0.5) is 0 Å². The van der Waals surface area contributed by atoms with E-state index in [-0.39, 0.29) is 11.3 Å². The van der Waals surface area contributed by atoms with Crippen LogP contribution in [0.25, 0.3) is 22.2 Å². The van der Waals surface area contributed by atoms with Crippen molar-refractivity contribution in [3.8, 4) is 17.0 Å². The number of nitrogens with one attached hydrogen (secondary N) is 1. The van der Waals surface area contributed by atoms with E-state index in [9.17, 15) is 9.90 Å². The van der Waals surface area contributed by atoms with Crippen molar-refractivity contribution in [3.05, 3.63) is 48.3 Å². The predicted octanol–water partition coefficient (Wildman–Crippen LogP) is 2.63. The molecule has 0 bridgehead atoms. The van der Waals surface area contributed by atoms with Crippen LogP contribution in [0.3, 0.4) is 0 Å². The Morgan fingerprint density at radius 2 is 2.11 bits per heavy atom. The Morgan fingerprint density at radius 3 is 2.89 bits per heavy atom. The quantitative estimate of drug-likeness (QED) is 0.656. The zero-order chi connectivity index (χ0) is 13.4. The fourth-order valence-corrected chi connectivity index (χ4v) is 2.06. The molecule has 94 valence electrons. The Kier molecular flexibility index (Phi) is 2.45. The molecular formula is C14H10N2O3. The maximum atomic E-state index is 11.0. The molecule has 3 N–H and O–H groups in total. The molecule has 0 aliphatic carbocycles. The van der Waals surface area contributed by atoms with Gasteiger partial charge in [-0.3, -0.25) is 4.98 Å². The van der Waals surface area contributed by atoms with Crippen LogP contribution in [0.5, 0.6) is 5.75 Å². The van der Waals surface area contributed by atoms with Crippen molar-refractivity contribution in [1.29, 1.82) is 0 Å². The molecule has 5 heteroatoms. The Morgan fingerprint density at radius 1 is 1.26 bits per heavy atom. The minimum atomic E-state index is -0.994. The monoisotopic (exact) mass is 254 g/mol. The smallest absolute Gasteiger partial charge is 0.335 e. The van der Waals surface area contributed by atoms with Gasteiger partial charge in [0.2, 0.25) is 0 Å². The Hall–Kier alpha value is -2.82. The number of fused-ring (bicyclic) bond motifs is 1. The molecule has 0 fully saturated rings. The molecule has 0 aliphatic heterocycles. The van der Waals surface area contributed by atoms with E-state index in [2.05, 4.69) is 9.97 Å². The van der Waals surface area contributed by atoms with Gasteiger partial charge in [-0.2, -0.15) is 0 Å². The van der Waals surface area contributed by atoms with Gasteiger partial charge in [-0.15, -0.1) is 0 Å². The molecule has 19 heavy (non-hydrogen) atoms. The van der Waals surface area contributed by atoms with Gasteiger partial charge in [-0.05, 0) is 18.2 Å². The van der Waals surface area contributed by atoms with Crippen molar-refractivity contribution in [2.24, 2.45) is 0 Å². The number of hydrogen-bond donors (Lipinski definition) is 3. The third kappa shape index (κ3) is 1.81. The Labute approximate surface area is 108 Å². The maximum Gasteiger partial charge on any atom is 0.335 e. The number of phenolic OH excluding ortho intramolecular Hbond substituents is 1. The van der Waals surface area contributed by atoms with Crippen LogP contribution in [0.15, 0.2) is 42.7 Å². The van der Waals surface area contributed by atoms with Crippen molar-refractivity contribution in [3.63, 3.8) is 0 Å². The number of aromatic carboxylic acids is 1. The Bertz CT molecular complexity index is 777. The van der Waals surface area contributed by atoms with E-state index < -0.39 is 5.97 Å². The number of aromatic amines is 1. The minimum absolute atomic E-state index is 0.151. The van der Waals surface area contributed by atoms with Crippen molar-refractivity contribution in [1.82, 2.24) is 9.97 Å². The van der Waals surface area contributed by atoms with Gasteiger partial charge in [0.15, 0.2) is 0 Å². The fourth-order valence-electron chi connectivity index (χ4n) is 2.06. The predicted molar refractivity (Wildman–Crippen MR) is 70.2 cm³/mol. The number of para-hydroxylation sites is 1. The molecular weight excluding hydrogens is 244 g/mol. The van der Waals surface area contributed by atoms with Crippen molar-refractivity contribution < 1.29 is 15.0 Å². The van der Waals surface area contributed by atoms with Crippen molar-refractivity contribution in [2.45, 2.75) is 0 Å². The van der Waals surface area contributed by atoms with Crippen molar-refractivity contribution in [2.75, 3.05) is 0 Å². The number of nitrogens with zero attached hydrogens (tertiary/aromatic N) is 1. The third-order valence-electron chi connectivity index (χ3n) is 2.98. The topological polar surface area (TPSA) is 86.2 Å². The molecule has 5 nitrogen and oxygen atoms in total. The number of aromatic nitrogens is 2. The lowest BCUT2D eigenvalue weighted by atomic mass is 10.1. The van der Waals surface area contributed by atoms with Crippen LogP contribution in [0.2, 0.25) is 0 Å². The summed E-state index contributed by atoms with van der Waals surface area (Å²) in [4.78, 5) is 18.1. The molecule has 0 spiro atoms. The summed E-state index contributed by atoms with van der Waals surface area (Å²) < 4.78 is 0. The molecule has 0 atom stereocenters. The lowest BCUT2D eigenvalue weighted by molar-refractivity contribution is 0.0697. The largest absolute Gasteiger partial charge is 0.506 e. The molecule has 3 rings (SSSR count). The standard InChI is InChI=1S/C14H10N2O3/c17-12-3-1-2-9-10(7-16-13(9)12)11-6-8(14(18)19)4-5-15-11/h1-7,16-17H,(H,18,19). The summed E-state index contributed by atoms with van der Waals surface area (Å²) in [5.41, 5.74) is 2.10. The number of rotatable bonds is 2. The first kappa shape index (κ1) is 11.3. The lowest BCUT2D eigenvalue weighted by Crippen LogP contribution is -1.96. The van der Waals surface area contributed by atoms with Crippen LogP contribution >= 0.6 is 0 Å². The average molecular weight is 254 g/mol. The van der Waals surface area contributed by atoms with Crippen LogP contribution < -0.4 is 0 Å². The van der Waals surface area contributed by atoms with E-state index in [4.69, 9.17) is 5.11 Å². The van der Waals surface area contributed by atoms with E-state index in [0.29, 0.717) is 11.2 Å². The fraction of sp³-hybridized carbons (Fsp3) is 0. The highest BCUT2D eigenvalue weighted by molar-refractivity contribution is 5.98. The van der Waals surface area contributed by atoms with E-state index in [0.717, 1.165) is 10.9 Å². The summed E-state index contributed by atoms with van der Waals surface area (Å²) in [5.74, 6) is -0.843. The summed E-state index contributed by atoms with van der Waals surface area (Å²) >= 11 is 0. The van der Waals surface area contributed by atoms with E-state index >= 15 is 0 Å². The summed E-state index contributed by atoms with van der Waals surface area (Å²) in [6.07, 6.45) is 3.17. The number of pyridine rings is 1. The van der Waals surface area contributed by atoms with Gasteiger partial charge in [0.05, 0.1) is 16.8 Å². The van der Waals surface area contributed by atoms with Crippen molar-refractivity contribution >= 4 is 16.9 Å². The zero-order valence-electron chi connectivity index (χ0n) is 9.79. The average Bonchev–Trinajstić information content (AvgIpc) is 2.84. The number of phenols is 1. The number of carboxylic acid groups (broad SMARTS) is 1. The minimum Gasteiger partial charge on any atom is -0.506 e. The van der Waals surface area contributed by atoms with Crippen LogP contribution in [-0.4, -0.2) is 26.2 Å². The summed E-state index contributed by atoms with van der Waals surface area (Å²) in [6, 6.07) is 8.11. The van der Waals surface area contributed by atoms with Crippen LogP contribution in [-0.2, 0) is 0 Å². The first-order valence-electron chi connectivity index (χ1n) is 5.65. The second-order valence-corrected chi connectivity index (χ2v) is 4.14. The van der Waals surface area contributed by atoms with Gasteiger partial charge in [0.1, 0.15) is 5.75 Å². The first-order chi connectivity index (χ1) is 9.16. The molecule has 0 saturated heterocycles. The van der Waals surface area contributed by atoms with Gasteiger partial charge >= 0.3 is 5.97 Å². The van der Waals surface area contributed by atoms with Gasteiger partial charge in [-0.1, -0.05) is 12.1 Å². The highest BCUT2D eigenvalue weighted by Gasteiger charge is 2.11. The van der Waals surface area contributed by atoms with Crippen LogP contribution in [0, 0.1) is 0 Å². The van der Waals surface area contributed by atoms with Gasteiger partial charge in [-0.25, -0.2) is 4.79 Å². The molecule has 0 unspecified atom stereocenters. The second-order valence-electron chi connectivity index (χ2n) is 4.14. The van der Waals surface area contributed by atoms with E-state index in [1.54, 1.807) is 18.3 Å². The number of aromatic hydroxyl groups is 1. The molecule has 0 radical (unpaired) electrons. The SMILES string of the molecule is O=C(O)c1ccnc(-c2c[nH]c3c(O)cccc23)c1. The third-order valence-corrected chi connectivity index (χ3v) is 2.98. The molecule has 3 aromatic rings. The maximum absolute atomic E-state index is 11.0. The zero-order valence-corrected chi connectivity index (χ0v) is 9.79. The molecule has 1 aromatic carbocycles. The van der Waals surface area contributed by atoms with Gasteiger partial charge < -0.3 is 15.2 Å². The normalized spacial score (nSPS) is 10.7. The number of carbonyl (C=O) groups is 1. The highest BCUT2D eigenvalue weighted by atomic mass is 16.4. The molecule has 2 heterocycles. The summed E-state index contributed by atoms with van der Waals surface area (Å²) in [5, 5.41) is 19.5. The van der Waals surface area contributed by atoms with E-state index in [1.807, 2.05) is 6.07 Å². The highest BCUT2D eigenvalue weighted by Crippen LogP contribution is 2.31. The first-order valence-corrected chi connectivity index (χ1v) is 5.65. The number of carboxylic acids is 1. The number of benzene rings is 1. The Balaban J connectivity index is 2.22. The van der Waals surface area contributed by atoms with Gasteiger partial charge in [0.25, 0.3) is 0 Å².